The van der Waals surface area contributed by atoms with Gasteiger partial charge in [-0.05, 0) is 49.4 Å². The molecule has 32 heavy (non-hydrogen) atoms. The summed E-state index contributed by atoms with van der Waals surface area (Å²) in [6.45, 7) is 3.69. The van der Waals surface area contributed by atoms with E-state index in [4.69, 9.17) is 4.74 Å². The second-order valence-corrected chi connectivity index (χ2v) is 8.55. The number of aromatic nitrogens is 2. The number of fused-ring (bicyclic) bond motifs is 1. The lowest BCUT2D eigenvalue weighted by molar-refractivity contribution is -0.124. The van der Waals surface area contributed by atoms with Crippen LogP contribution >= 0.6 is 0 Å². The van der Waals surface area contributed by atoms with Crippen molar-refractivity contribution >= 4 is 17.4 Å². The summed E-state index contributed by atoms with van der Waals surface area (Å²) in [5.74, 6) is -0.0263. The number of hydrogen-bond donors (Lipinski definition) is 2. The number of halogens is 1. The van der Waals surface area contributed by atoms with Crippen molar-refractivity contribution < 1.29 is 19.0 Å². The maximum atomic E-state index is 14.0. The molecule has 5 rings (SSSR count). The first kappa shape index (κ1) is 21.0. The monoisotopic (exact) mass is 439 g/mol. The fraction of sp³-hybridized carbons (Fsp3) is 0.478. The van der Waals surface area contributed by atoms with Gasteiger partial charge in [0.05, 0.1) is 42.6 Å². The maximum absolute atomic E-state index is 14.0. The molecule has 0 aliphatic carbocycles. The van der Waals surface area contributed by atoms with Gasteiger partial charge >= 0.3 is 0 Å². The van der Waals surface area contributed by atoms with E-state index in [1.807, 2.05) is 6.92 Å². The number of nitrogens with one attached hydrogen (secondary N) is 1. The summed E-state index contributed by atoms with van der Waals surface area (Å²) in [7, 11) is 0. The molecule has 0 radical (unpaired) electrons. The molecule has 2 aromatic rings. The Hall–Kier alpha value is -2.91. The largest absolute Gasteiger partial charge is 0.391 e. The third-order valence-electron chi connectivity index (χ3n) is 6.51. The Morgan fingerprint density at radius 1 is 1.31 bits per heavy atom. The van der Waals surface area contributed by atoms with Gasteiger partial charge in [-0.2, -0.15) is 0 Å². The summed E-state index contributed by atoms with van der Waals surface area (Å²) in [6.07, 6.45) is 3.03. The van der Waals surface area contributed by atoms with Crippen molar-refractivity contribution in [1.82, 2.24) is 14.9 Å². The molecule has 4 heterocycles. The van der Waals surface area contributed by atoms with Crippen molar-refractivity contribution in [3.8, 4) is 0 Å². The quantitative estimate of drug-likeness (QED) is 0.757. The van der Waals surface area contributed by atoms with E-state index in [2.05, 4.69) is 20.3 Å². The summed E-state index contributed by atoms with van der Waals surface area (Å²) >= 11 is 0. The number of hydrogen-bond acceptors (Lipinski definition) is 7. The van der Waals surface area contributed by atoms with Gasteiger partial charge in [0.2, 0.25) is 0 Å². The molecule has 1 aromatic heterocycles. The Bertz CT molecular complexity index is 1080. The van der Waals surface area contributed by atoms with Crippen molar-refractivity contribution in [2.75, 3.05) is 25.1 Å². The molecule has 0 saturated carbocycles. The Labute approximate surface area is 185 Å². The number of anilines is 1. The zero-order chi connectivity index (χ0) is 22.2. The van der Waals surface area contributed by atoms with Crippen LogP contribution in [0.3, 0.4) is 0 Å². The highest BCUT2D eigenvalue weighted by Crippen LogP contribution is 2.36. The number of aliphatic imine (C=N–C) groups is 1. The van der Waals surface area contributed by atoms with Crippen LogP contribution in [-0.2, 0) is 16.1 Å². The van der Waals surface area contributed by atoms with Gasteiger partial charge in [-0.25, -0.2) is 14.4 Å². The Morgan fingerprint density at radius 2 is 2.19 bits per heavy atom. The van der Waals surface area contributed by atoms with E-state index in [1.54, 1.807) is 11.0 Å². The normalized spacial score (nSPS) is 24.9. The van der Waals surface area contributed by atoms with Crippen LogP contribution in [0.2, 0.25) is 0 Å². The van der Waals surface area contributed by atoms with E-state index in [0.29, 0.717) is 55.5 Å². The molecular weight excluding hydrogens is 413 g/mol. The molecule has 0 bridgehead atoms. The standard InChI is InChI=1S/C23H26FN5O3/c1-13-4-5-14(24)9-15(13)18-3-2-7-29(18)23(31)21-20-16(10-25-21)26-12-27-22(20)28-17-11-32-8-6-19(17)30/h4-5,9,12,17-19,30H,2-3,6-8,10-11H2,1H3,(H,26,27,28)/t17-,18-,19-/m1/s1. The molecular formula is C23H26FN5O3. The molecule has 2 saturated heterocycles. The number of amides is 1. The molecule has 9 heteroatoms. The highest BCUT2D eigenvalue weighted by Gasteiger charge is 2.37. The van der Waals surface area contributed by atoms with Crippen molar-refractivity contribution in [3.63, 3.8) is 0 Å². The second kappa shape index (κ2) is 8.55. The lowest BCUT2D eigenvalue weighted by Crippen LogP contribution is -2.43. The first-order valence-electron chi connectivity index (χ1n) is 11.0. The minimum atomic E-state index is -0.564. The van der Waals surface area contributed by atoms with Crippen LogP contribution in [0.25, 0.3) is 0 Å². The molecule has 0 spiro atoms. The second-order valence-electron chi connectivity index (χ2n) is 8.55. The topological polar surface area (TPSA) is 99.9 Å². The number of aliphatic hydroxyl groups excluding tert-OH is 1. The Kier molecular flexibility index (Phi) is 5.60. The number of carbonyl (C=O) groups is 1. The average Bonchev–Trinajstić information content (AvgIpc) is 3.44. The Balaban J connectivity index is 1.43. The highest BCUT2D eigenvalue weighted by molar-refractivity contribution is 6.47. The number of carbonyl (C=O) groups excluding carboxylic acids is 1. The van der Waals surface area contributed by atoms with Crippen LogP contribution < -0.4 is 5.32 Å². The molecule has 168 valence electrons. The van der Waals surface area contributed by atoms with Crippen LogP contribution in [0.1, 0.15) is 47.7 Å². The van der Waals surface area contributed by atoms with Gasteiger partial charge in [0, 0.05) is 13.2 Å². The van der Waals surface area contributed by atoms with Crippen molar-refractivity contribution in [1.29, 1.82) is 0 Å². The number of aliphatic hydroxyl groups is 1. The van der Waals surface area contributed by atoms with Gasteiger partial charge in [0.1, 0.15) is 23.7 Å². The van der Waals surface area contributed by atoms with Crippen molar-refractivity contribution in [3.05, 3.63) is 52.7 Å². The van der Waals surface area contributed by atoms with Gasteiger partial charge in [-0.1, -0.05) is 6.07 Å². The number of rotatable bonds is 4. The lowest BCUT2D eigenvalue weighted by Gasteiger charge is -2.30. The minimum absolute atomic E-state index is 0.195. The lowest BCUT2D eigenvalue weighted by atomic mass is 9.98. The van der Waals surface area contributed by atoms with Gasteiger partial charge in [-0.15, -0.1) is 0 Å². The Morgan fingerprint density at radius 3 is 3.03 bits per heavy atom. The van der Waals surface area contributed by atoms with Crippen LogP contribution in [0.15, 0.2) is 29.5 Å². The van der Waals surface area contributed by atoms with Crippen LogP contribution in [0.4, 0.5) is 10.2 Å². The van der Waals surface area contributed by atoms with E-state index in [9.17, 15) is 14.3 Å². The van der Waals surface area contributed by atoms with Crippen LogP contribution in [0.5, 0.6) is 0 Å². The van der Waals surface area contributed by atoms with Crippen molar-refractivity contribution in [2.45, 2.75) is 50.9 Å². The third-order valence-corrected chi connectivity index (χ3v) is 6.51. The predicted molar refractivity (Wildman–Crippen MR) is 116 cm³/mol. The number of ether oxygens (including phenoxy) is 1. The van der Waals surface area contributed by atoms with E-state index < -0.39 is 6.10 Å². The van der Waals surface area contributed by atoms with Gasteiger partial charge in [0.15, 0.2) is 0 Å². The summed E-state index contributed by atoms with van der Waals surface area (Å²) in [5.41, 5.74) is 3.36. The molecule has 3 aliphatic heterocycles. The highest BCUT2D eigenvalue weighted by atomic mass is 19.1. The van der Waals surface area contributed by atoms with Crippen LogP contribution in [0, 0.1) is 12.7 Å². The molecule has 2 N–H and O–H groups in total. The minimum Gasteiger partial charge on any atom is -0.391 e. The number of likely N-dealkylation sites (tertiary alicyclic amines) is 1. The summed E-state index contributed by atoms with van der Waals surface area (Å²) in [5, 5.41) is 13.6. The zero-order valence-corrected chi connectivity index (χ0v) is 17.9. The molecule has 1 amide bonds. The first-order chi connectivity index (χ1) is 15.5. The first-order valence-corrected chi connectivity index (χ1v) is 11.0. The van der Waals surface area contributed by atoms with Gasteiger partial charge in [0.25, 0.3) is 5.91 Å². The van der Waals surface area contributed by atoms with Gasteiger partial charge in [-0.3, -0.25) is 9.79 Å². The number of aryl methyl sites for hydroxylation is 1. The molecule has 0 unspecified atom stereocenters. The summed E-state index contributed by atoms with van der Waals surface area (Å²) < 4.78 is 19.4. The smallest absolute Gasteiger partial charge is 0.273 e. The number of nitrogens with zero attached hydrogens (tertiary/aromatic N) is 4. The SMILES string of the molecule is Cc1ccc(F)cc1[C@H]1CCCN1C(=O)C1=NCc2ncnc(N[C@@H]3COCC[C@H]3O)c21. The molecule has 3 atom stereocenters. The molecule has 3 aliphatic rings. The predicted octanol–water partition coefficient (Wildman–Crippen LogP) is 2.15. The maximum Gasteiger partial charge on any atom is 0.273 e. The van der Waals surface area contributed by atoms with Crippen molar-refractivity contribution in [2.24, 2.45) is 4.99 Å². The zero-order valence-electron chi connectivity index (χ0n) is 17.9. The molecule has 1 aromatic carbocycles. The van der Waals surface area contributed by atoms with E-state index in [1.165, 1.54) is 18.5 Å². The number of benzene rings is 1. The summed E-state index contributed by atoms with van der Waals surface area (Å²) in [6, 6.07) is 4.20. The molecule has 8 nitrogen and oxygen atoms in total. The summed E-state index contributed by atoms with van der Waals surface area (Å²) in [4.78, 5) is 28.6. The van der Waals surface area contributed by atoms with E-state index in [-0.39, 0.29) is 23.8 Å². The van der Waals surface area contributed by atoms with Crippen LogP contribution in [-0.4, -0.2) is 63.5 Å². The van der Waals surface area contributed by atoms with E-state index >= 15 is 0 Å². The third kappa shape index (κ3) is 3.75. The van der Waals surface area contributed by atoms with Gasteiger partial charge < -0.3 is 20.1 Å². The van der Waals surface area contributed by atoms with E-state index in [0.717, 1.165) is 24.0 Å². The fourth-order valence-corrected chi connectivity index (χ4v) is 4.79. The fourth-order valence-electron chi connectivity index (χ4n) is 4.79. The molecule has 2 fully saturated rings. The average molecular weight is 439 g/mol.